The number of hydrogen-bond donors (Lipinski definition) is 0. The van der Waals surface area contributed by atoms with E-state index in [4.69, 9.17) is 11.6 Å². The van der Waals surface area contributed by atoms with Crippen molar-refractivity contribution >= 4 is 39.6 Å². The SMILES string of the molecule is Cn1nc(C(=O)c2ccc(Cl)s2)c2ccccc21. The lowest BCUT2D eigenvalue weighted by molar-refractivity contribution is 0.103. The number of nitrogens with zero attached hydrogens (tertiary/aromatic N) is 2. The molecular weight excluding hydrogens is 268 g/mol. The molecule has 2 aromatic heterocycles. The van der Waals surface area contributed by atoms with Crippen molar-refractivity contribution in [1.29, 1.82) is 0 Å². The number of ketones is 1. The van der Waals surface area contributed by atoms with Crippen LogP contribution in [0.2, 0.25) is 4.34 Å². The van der Waals surface area contributed by atoms with Crippen LogP contribution in [0.3, 0.4) is 0 Å². The zero-order chi connectivity index (χ0) is 12.7. The van der Waals surface area contributed by atoms with Crippen molar-refractivity contribution in [2.75, 3.05) is 0 Å². The van der Waals surface area contributed by atoms with Crippen LogP contribution < -0.4 is 0 Å². The fourth-order valence-corrected chi connectivity index (χ4v) is 2.92. The number of aromatic nitrogens is 2. The van der Waals surface area contributed by atoms with E-state index in [0.29, 0.717) is 14.9 Å². The third-order valence-electron chi connectivity index (χ3n) is 2.77. The number of para-hydroxylation sites is 1. The van der Waals surface area contributed by atoms with Crippen LogP contribution in [0, 0.1) is 0 Å². The maximum absolute atomic E-state index is 12.4. The number of carbonyl (C=O) groups excluding carboxylic acids is 1. The zero-order valence-electron chi connectivity index (χ0n) is 9.55. The molecule has 3 nitrogen and oxygen atoms in total. The van der Waals surface area contributed by atoms with E-state index < -0.39 is 0 Å². The van der Waals surface area contributed by atoms with E-state index in [1.165, 1.54) is 11.3 Å². The maximum atomic E-state index is 12.4. The molecule has 0 aliphatic carbocycles. The highest BCUT2D eigenvalue weighted by molar-refractivity contribution is 7.18. The van der Waals surface area contributed by atoms with Gasteiger partial charge in [-0.2, -0.15) is 5.10 Å². The molecule has 0 saturated heterocycles. The van der Waals surface area contributed by atoms with Gasteiger partial charge in [-0.3, -0.25) is 9.48 Å². The Morgan fingerprint density at radius 1 is 1.28 bits per heavy atom. The first kappa shape index (κ1) is 11.4. The average Bonchev–Trinajstić information content (AvgIpc) is 2.94. The van der Waals surface area contributed by atoms with Crippen molar-refractivity contribution in [2.24, 2.45) is 7.05 Å². The Morgan fingerprint density at radius 2 is 2.06 bits per heavy atom. The average molecular weight is 277 g/mol. The molecule has 0 aliphatic rings. The normalized spacial score (nSPS) is 11.0. The fraction of sp³-hybridized carbons (Fsp3) is 0.0769. The van der Waals surface area contributed by atoms with Crippen LogP contribution in [0.4, 0.5) is 0 Å². The lowest BCUT2D eigenvalue weighted by atomic mass is 10.1. The third kappa shape index (κ3) is 1.74. The first-order chi connectivity index (χ1) is 8.66. The minimum Gasteiger partial charge on any atom is -0.286 e. The van der Waals surface area contributed by atoms with E-state index in [9.17, 15) is 4.79 Å². The van der Waals surface area contributed by atoms with E-state index in [1.807, 2.05) is 31.3 Å². The maximum Gasteiger partial charge on any atom is 0.223 e. The van der Waals surface area contributed by atoms with Crippen LogP contribution >= 0.6 is 22.9 Å². The largest absolute Gasteiger partial charge is 0.286 e. The van der Waals surface area contributed by atoms with Crippen LogP contribution in [-0.2, 0) is 7.05 Å². The lowest BCUT2D eigenvalue weighted by Gasteiger charge is -1.93. The second-order valence-electron chi connectivity index (χ2n) is 3.92. The standard InChI is InChI=1S/C13H9ClN2OS/c1-16-9-5-3-2-4-8(9)12(15-16)13(17)10-6-7-11(14)18-10/h2-7H,1H3. The molecule has 5 heteroatoms. The summed E-state index contributed by atoms with van der Waals surface area (Å²) < 4.78 is 2.33. The van der Waals surface area contributed by atoms with E-state index in [2.05, 4.69) is 5.10 Å². The molecule has 0 spiro atoms. The first-order valence-electron chi connectivity index (χ1n) is 5.38. The molecule has 0 atom stereocenters. The lowest BCUT2D eigenvalue weighted by Crippen LogP contribution is -2.01. The van der Waals surface area contributed by atoms with Crippen molar-refractivity contribution < 1.29 is 4.79 Å². The Kier molecular flexibility index (Phi) is 2.69. The van der Waals surface area contributed by atoms with Crippen molar-refractivity contribution in [1.82, 2.24) is 9.78 Å². The number of halogens is 1. The van der Waals surface area contributed by atoms with Gasteiger partial charge < -0.3 is 0 Å². The van der Waals surface area contributed by atoms with Crippen LogP contribution in [0.5, 0.6) is 0 Å². The summed E-state index contributed by atoms with van der Waals surface area (Å²) in [6.45, 7) is 0. The van der Waals surface area contributed by atoms with Gasteiger partial charge in [0, 0.05) is 12.4 Å². The summed E-state index contributed by atoms with van der Waals surface area (Å²) in [5.41, 5.74) is 1.43. The summed E-state index contributed by atoms with van der Waals surface area (Å²) >= 11 is 7.13. The van der Waals surface area contributed by atoms with E-state index in [-0.39, 0.29) is 5.78 Å². The summed E-state index contributed by atoms with van der Waals surface area (Å²) in [6.07, 6.45) is 0. The predicted molar refractivity (Wildman–Crippen MR) is 73.5 cm³/mol. The van der Waals surface area contributed by atoms with E-state index in [0.717, 1.165) is 10.9 Å². The second-order valence-corrected chi connectivity index (χ2v) is 5.64. The Balaban J connectivity index is 2.18. The van der Waals surface area contributed by atoms with E-state index >= 15 is 0 Å². The number of hydrogen-bond acceptors (Lipinski definition) is 3. The number of carbonyl (C=O) groups is 1. The number of aryl methyl sites for hydroxylation is 1. The predicted octanol–water partition coefficient (Wildman–Crippen LogP) is 3.52. The molecule has 0 aliphatic heterocycles. The van der Waals surface area contributed by atoms with Gasteiger partial charge in [0.1, 0.15) is 5.69 Å². The summed E-state index contributed by atoms with van der Waals surface area (Å²) in [5, 5.41) is 5.18. The molecule has 3 aromatic rings. The molecule has 3 rings (SSSR count). The van der Waals surface area contributed by atoms with Crippen molar-refractivity contribution in [3.8, 4) is 0 Å². The Hall–Kier alpha value is -1.65. The molecule has 0 N–H and O–H groups in total. The van der Waals surface area contributed by atoms with Gasteiger partial charge in [-0.25, -0.2) is 0 Å². The molecule has 18 heavy (non-hydrogen) atoms. The van der Waals surface area contributed by atoms with Crippen LogP contribution in [0.1, 0.15) is 15.4 Å². The quantitative estimate of drug-likeness (QED) is 0.671. The molecule has 2 heterocycles. The molecule has 1 aromatic carbocycles. The van der Waals surface area contributed by atoms with Gasteiger partial charge in [0.25, 0.3) is 0 Å². The van der Waals surface area contributed by atoms with E-state index in [1.54, 1.807) is 16.8 Å². The minimum atomic E-state index is -0.0799. The fourth-order valence-electron chi connectivity index (χ4n) is 1.93. The van der Waals surface area contributed by atoms with Crippen LogP contribution in [0.25, 0.3) is 10.9 Å². The second kappa shape index (κ2) is 4.23. The molecule has 0 radical (unpaired) electrons. The molecule has 0 bridgehead atoms. The van der Waals surface area contributed by atoms with Gasteiger partial charge in [0.2, 0.25) is 5.78 Å². The Morgan fingerprint density at radius 3 is 2.78 bits per heavy atom. The first-order valence-corrected chi connectivity index (χ1v) is 6.58. The minimum absolute atomic E-state index is 0.0799. The van der Waals surface area contributed by atoms with Gasteiger partial charge in [-0.05, 0) is 18.2 Å². The number of benzene rings is 1. The molecule has 0 unspecified atom stereocenters. The Bertz CT molecular complexity index is 744. The number of thiophene rings is 1. The number of rotatable bonds is 2. The molecule has 0 amide bonds. The monoisotopic (exact) mass is 276 g/mol. The molecule has 0 saturated carbocycles. The third-order valence-corrected chi connectivity index (χ3v) is 4.00. The molecular formula is C13H9ClN2OS. The summed E-state index contributed by atoms with van der Waals surface area (Å²) in [7, 11) is 1.83. The highest BCUT2D eigenvalue weighted by Gasteiger charge is 2.18. The van der Waals surface area contributed by atoms with Crippen molar-refractivity contribution in [3.05, 3.63) is 51.3 Å². The number of fused-ring (bicyclic) bond motifs is 1. The van der Waals surface area contributed by atoms with Gasteiger partial charge >= 0.3 is 0 Å². The van der Waals surface area contributed by atoms with Crippen molar-refractivity contribution in [3.63, 3.8) is 0 Å². The van der Waals surface area contributed by atoms with Gasteiger partial charge in [0.15, 0.2) is 0 Å². The highest BCUT2D eigenvalue weighted by atomic mass is 35.5. The van der Waals surface area contributed by atoms with Crippen molar-refractivity contribution in [2.45, 2.75) is 0 Å². The van der Waals surface area contributed by atoms with Gasteiger partial charge in [0.05, 0.1) is 14.7 Å². The highest BCUT2D eigenvalue weighted by Crippen LogP contribution is 2.26. The topological polar surface area (TPSA) is 34.9 Å². The van der Waals surface area contributed by atoms with Gasteiger partial charge in [-0.1, -0.05) is 29.8 Å². The summed E-state index contributed by atoms with van der Waals surface area (Å²) in [4.78, 5) is 13.0. The molecule has 0 fully saturated rings. The smallest absolute Gasteiger partial charge is 0.223 e. The Labute approximate surface area is 113 Å². The van der Waals surface area contributed by atoms with Crippen LogP contribution in [-0.4, -0.2) is 15.6 Å². The zero-order valence-corrected chi connectivity index (χ0v) is 11.1. The summed E-state index contributed by atoms with van der Waals surface area (Å²) in [6, 6.07) is 11.1. The van der Waals surface area contributed by atoms with Crippen LogP contribution in [0.15, 0.2) is 36.4 Å². The van der Waals surface area contributed by atoms with Gasteiger partial charge in [-0.15, -0.1) is 11.3 Å². The summed E-state index contributed by atoms with van der Waals surface area (Å²) in [5.74, 6) is -0.0799. The molecule has 90 valence electrons.